The van der Waals surface area contributed by atoms with E-state index in [9.17, 15) is 39.3 Å². The highest BCUT2D eigenvalue weighted by molar-refractivity contribution is 5.85. The van der Waals surface area contributed by atoms with Gasteiger partial charge in [-0.25, -0.2) is 0 Å². The van der Waals surface area contributed by atoms with Crippen molar-refractivity contribution in [2.75, 3.05) is 92.3 Å². The molecule has 0 radical (unpaired) electrons. The highest BCUT2D eigenvalue weighted by Gasteiger charge is 2.21. The first kappa shape index (κ1) is 35.9. The Morgan fingerprint density at radius 2 is 1.07 bits per heavy atom. The molecule has 1 aliphatic heterocycles. The van der Waals surface area contributed by atoms with Crippen LogP contribution in [0.25, 0.3) is 0 Å². The lowest BCUT2D eigenvalue weighted by atomic mass is 10.0. The minimum atomic E-state index is -1.01. The van der Waals surface area contributed by atoms with E-state index >= 15 is 0 Å². The smallest absolute Gasteiger partial charge is 0.317 e. The predicted molar refractivity (Wildman–Crippen MR) is 157 cm³/mol. The molecule has 1 saturated heterocycles. The molecule has 43 heavy (non-hydrogen) atoms. The zero-order valence-electron chi connectivity index (χ0n) is 24.9. The standard InChI is InChI=1S/C29H45N5O9/c1-43-21-26(36)25(30)16-23-4-2-22(3-5-23)6-7-24(35)17-31-8-10-32(18-27(37)38)12-14-34(20-29(41)42)15-13-33(11-9-31)19-28(39)40/h2-5,25H,6-21,30H2,1H3,(H,37,38)(H,39,40)(H,41,42)/t25-/m1/s1. The van der Waals surface area contributed by atoms with Crippen LogP contribution >= 0.6 is 0 Å². The summed E-state index contributed by atoms with van der Waals surface area (Å²) >= 11 is 0. The van der Waals surface area contributed by atoms with Crippen LogP contribution in [-0.2, 0) is 41.6 Å². The van der Waals surface area contributed by atoms with E-state index in [4.69, 9.17) is 10.5 Å². The van der Waals surface area contributed by atoms with Gasteiger partial charge in [-0.2, -0.15) is 0 Å². The van der Waals surface area contributed by atoms with Gasteiger partial charge in [0.15, 0.2) is 5.78 Å². The van der Waals surface area contributed by atoms with E-state index in [1.807, 2.05) is 29.2 Å². The molecule has 1 aliphatic rings. The summed E-state index contributed by atoms with van der Waals surface area (Å²) in [5.41, 5.74) is 7.82. The zero-order valence-corrected chi connectivity index (χ0v) is 24.9. The molecule has 1 atom stereocenters. The molecule has 14 nitrogen and oxygen atoms in total. The second-order valence-electron chi connectivity index (χ2n) is 10.9. The van der Waals surface area contributed by atoms with E-state index in [2.05, 4.69) is 0 Å². The van der Waals surface area contributed by atoms with Crippen molar-refractivity contribution < 1.29 is 44.0 Å². The van der Waals surface area contributed by atoms with Crippen molar-refractivity contribution >= 4 is 29.5 Å². The fourth-order valence-corrected chi connectivity index (χ4v) is 4.86. The molecule has 5 N–H and O–H groups in total. The number of aliphatic carboxylic acids is 3. The average molecular weight is 608 g/mol. The van der Waals surface area contributed by atoms with Crippen LogP contribution in [0, 0.1) is 0 Å². The Hall–Kier alpha value is -3.27. The molecule has 0 saturated carbocycles. The summed E-state index contributed by atoms with van der Waals surface area (Å²) in [5.74, 6) is -3.17. The third kappa shape index (κ3) is 15.1. The Morgan fingerprint density at radius 1 is 0.698 bits per heavy atom. The van der Waals surface area contributed by atoms with Gasteiger partial charge in [0.05, 0.1) is 32.2 Å². The summed E-state index contributed by atoms with van der Waals surface area (Å²) in [4.78, 5) is 66.1. The molecular weight excluding hydrogens is 562 g/mol. The average Bonchev–Trinajstić information content (AvgIpc) is 2.93. The number of carbonyl (C=O) groups excluding carboxylic acids is 2. The normalized spacial score (nSPS) is 17.4. The number of rotatable bonds is 16. The van der Waals surface area contributed by atoms with Gasteiger partial charge in [-0.1, -0.05) is 24.3 Å². The summed E-state index contributed by atoms with van der Waals surface area (Å²) in [6, 6.07) is 6.96. The van der Waals surface area contributed by atoms with Crippen molar-refractivity contribution in [2.24, 2.45) is 5.73 Å². The third-order valence-corrected chi connectivity index (χ3v) is 7.28. The molecule has 1 aromatic rings. The topological polar surface area (TPSA) is 194 Å². The lowest BCUT2D eigenvalue weighted by molar-refractivity contribution is -0.140. The van der Waals surface area contributed by atoms with Crippen molar-refractivity contribution in [3.05, 3.63) is 35.4 Å². The summed E-state index contributed by atoms with van der Waals surface area (Å²) in [5, 5.41) is 28.0. The molecule has 0 unspecified atom stereocenters. The highest BCUT2D eigenvalue weighted by Crippen LogP contribution is 2.10. The molecule has 0 aliphatic carbocycles. The molecular formula is C29H45N5O9. The summed E-state index contributed by atoms with van der Waals surface area (Å²) < 4.78 is 4.85. The molecule has 0 amide bonds. The monoisotopic (exact) mass is 607 g/mol. The number of carboxylic acids is 3. The highest BCUT2D eigenvalue weighted by atomic mass is 16.5. The Bertz CT molecular complexity index is 1040. The molecule has 0 aromatic heterocycles. The fraction of sp³-hybridized carbons (Fsp3) is 0.621. The summed E-state index contributed by atoms with van der Waals surface area (Å²) in [7, 11) is 1.45. The second-order valence-corrected chi connectivity index (χ2v) is 10.9. The fourth-order valence-electron chi connectivity index (χ4n) is 4.86. The number of carbonyl (C=O) groups is 5. The van der Waals surface area contributed by atoms with Crippen molar-refractivity contribution in [1.82, 2.24) is 19.6 Å². The van der Waals surface area contributed by atoms with Crippen LogP contribution in [0.1, 0.15) is 17.5 Å². The molecule has 14 heteroatoms. The zero-order chi connectivity index (χ0) is 31.8. The van der Waals surface area contributed by atoms with Crippen LogP contribution < -0.4 is 5.73 Å². The lowest BCUT2D eigenvalue weighted by Crippen LogP contribution is -2.49. The SMILES string of the molecule is COCC(=O)[C@H](N)Cc1ccc(CCC(=O)CN2CCN(CC(=O)O)CCN(CC(=O)O)CCN(CC(=O)O)CC2)cc1. The van der Waals surface area contributed by atoms with Crippen molar-refractivity contribution in [2.45, 2.75) is 25.3 Å². The van der Waals surface area contributed by atoms with E-state index in [1.165, 1.54) is 7.11 Å². The minimum absolute atomic E-state index is 0.00515. The third-order valence-electron chi connectivity index (χ3n) is 7.28. The number of benzene rings is 1. The van der Waals surface area contributed by atoms with E-state index < -0.39 is 23.9 Å². The van der Waals surface area contributed by atoms with E-state index in [1.54, 1.807) is 14.7 Å². The molecule has 0 bridgehead atoms. The lowest BCUT2D eigenvalue weighted by Gasteiger charge is -2.32. The first-order valence-corrected chi connectivity index (χ1v) is 14.4. The first-order chi connectivity index (χ1) is 20.4. The quantitative estimate of drug-likeness (QED) is 0.174. The van der Waals surface area contributed by atoms with Gasteiger partial charge in [0.1, 0.15) is 12.4 Å². The number of ether oxygens (including phenoxy) is 1. The number of nitrogens with zero attached hydrogens (tertiary/aromatic N) is 4. The largest absolute Gasteiger partial charge is 0.480 e. The van der Waals surface area contributed by atoms with Crippen molar-refractivity contribution in [3.8, 4) is 0 Å². The number of nitrogens with two attached hydrogens (primary N) is 1. The van der Waals surface area contributed by atoms with Crippen molar-refractivity contribution in [1.29, 1.82) is 0 Å². The van der Waals surface area contributed by atoms with Crippen LogP contribution in [0.15, 0.2) is 24.3 Å². The number of ketones is 2. The van der Waals surface area contributed by atoms with Crippen LogP contribution in [-0.4, -0.2) is 163 Å². The summed E-state index contributed by atoms with van der Waals surface area (Å²) in [6.45, 7) is 2.24. The molecule has 1 fully saturated rings. The maximum absolute atomic E-state index is 13.0. The van der Waals surface area contributed by atoms with Gasteiger partial charge in [-0.05, 0) is 24.0 Å². The van der Waals surface area contributed by atoms with Crippen LogP contribution in [0.3, 0.4) is 0 Å². The number of Topliss-reactive ketones (excluding diaryl/α,β-unsaturated/α-hetero) is 2. The van der Waals surface area contributed by atoms with Gasteiger partial charge < -0.3 is 25.8 Å². The molecule has 1 heterocycles. The van der Waals surface area contributed by atoms with Crippen LogP contribution in [0.5, 0.6) is 0 Å². The number of hydrogen-bond acceptors (Lipinski definition) is 11. The first-order valence-electron chi connectivity index (χ1n) is 14.4. The van der Waals surface area contributed by atoms with Crippen LogP contribution in [0.2, 0.25) is 0 Å². The Morgan fingerprint density at radius 3 is 1.44 bits per heavy atom. The second kappa shape index (κ2) is 19.1. The molecule has 1 aromatic carbocycles. The van der Waals surface area contributed by atoms with Gasteiger partial charge >= 0.3 is 17.9 Å². The molecule has 240 valence electrons. The number of methoxy groups -OCH3 is 1. The maximum Gasteiger partial charge on any atom is 0.317 e. The van der Waals surface area contributed by atoms with Gasteiger partial charge in [-0.3, -0.25) is 43.6 Å². The molecule has 0 spiro atoms. The van der Waals surface area contributed by atoms with Gasteiger partial charge in [0, 0.05) is 65.9 Å². The predicted octanol–water partition coefficient (Wildman–Crippen LogP) is -1.25. The number of aryl methyl sites for hydroxylation is 1. The van der Waals surface area contributed by atoms with Crippen LogP contribution in [0.4, 0.5) is 0 Å². The Kier molecular flexibility index (Phi) is 16.0. The van der Waals surface area contributed by atoms with Gasteiger partial charge in [-0.15, -0.1) is 0 Å². The van der Waals surface area contributed by atoms with E-state index in [0.717, 1.165) is 11.1 Å². The Labute approximate surface area is 252 Å². The number of carboxylic acid groups (broad SMARTS) is 3. The maximum atomic E-state index is 13.0. The Balaban J connectivity index is 2.01. The minimum Gasteiger partial charge on any atom is -0.480 e. The summed E-state index contributed by atoms with van der Waals surface area (Å²) in [6.07, 6.45) is 1.21. The van der Waals surface area contributed by atoms with Crippen molar-refractivity contribution in [3.63, 3.8) is 0 Å². The van der Waals surface area contributed by atoms with Gasteiger partial charge in [0.25, 0.3) is 0 Å². The molecule has 2 rings (SSSR count). The number of hydrogen-bond donors (Lipinski definition) is 4. The van der Waals surface area contributed by atoms with E-state index in [0.29, 0.717) is 71.6 Å². The van der Waals surface area contributed by atoms with Gasteiger partial charge in [0.2, 0.25) is 0 Å². The van der Waals surface area contributed by atoms with E-state index in [-0.39, 0.29) is 44.4 Å².